The van der Waals surface area contributed by atoms with Crippen LogP contribution in [0.2, 0.25) is 0 Å². The molecule has 59 heavy (non-hydrogen) atoms. The van der Waals surface area contributed by atoms with Crippen LogP contribution in [0.4, 0.5) is 27.1 Å². The van der Waals surface area contributed by atoms with Crippen molar-refractivity contribution in [2.45, 2.75) is 6.92 Å². The molecule has 5 amide bonds. The molecule has 0 aliphatic carbocycles. The van der Waals surface area contributed by atoms with E-state index in [9.17, 15) is 48.5 Å². The number of anilines is 4. The first kappa shape index (κ1) is 41.9. The fraction of sp³-hybridized carbons (Fsp3) is 0.0952. The summed E-state index contributed by atoms with van der Waals surface area (Å²) in [5.74, 6) is -6.75. The largest absolute Gasteiger partial charge is 0.504 e. The number of phenols is 2. The highest BCUT2D eigenvalue weighted by Gasteiger charge is 2.24. The molecule has 0 spiro atoms. The number of benzene rings is 5. The van der Waals surface area contributed by atoms with Gasteiger partial charge in [0.2, 0.25) is 11.8 Å². The van der Waals surface area contributed by atoms with Gasteiger partial charge in [-0.2, -0.15) is 0 Å². The highest BCUT2D eigenvalue weighted by molar-refractivity contribution is 6.10. The lowest BCUT2D eigenvalue weighted by molar-refractivity contribution is -0.115. The molecule has 0 aliphatic heterocycles. The average molecular weight is 806 g/mol. The summed E-state index contributed by atoms with van der Waals surface area (Å²) in [6.07, 6.45) is 1.37. The third-order valence-corrected chi connectivity index (χ3v) is 8.54. The lowest BCUT2D eigenvalue weighted by atomic mass is 10.1. The van der Waals surface area contributed by atoms with Crippen molar-refractivity contribution in [2.75, 3.05) is 42.0 Å². The van der Waals surface area contributed by atoms with E-state index in [-0.39, 0.29) is 51.9 Å². The third kappa shape index (κ3) is 10.4. The van der Waals surface area contributed by atoms with Crippen LogP contribution in [0.15, 0.2) is 103 Å². The molecule has 0 aliphatic rings. The van der Waals surface area contributed by atoms with Crippen LogP contribution in [-0.2, 0) is 9.59 Å². The van der Waals surface area contributed by atoms with Crippen LogP contribution in [-0.4, -0.2) is 71.6 Å². The Labute approximate surface area is 335 Å². The van der Waals surface area contributed by atoms with Gasteiger partial charge >= 0.3 is 5.97 Å². The van der Waals surface area contributed by atoms with Crippen LogP contribution in [0.1, 0.15) is 53.9 Å². The quantitative estimate of drug-likeness (QED) is 0.0618. The number of allylic oxidation sites excluding steroid dienone is 1. The minimum absolute atomic E-state index is 0.00542. The molecule has 0 heterocycles. The molecule has 0 radical (unpaired) electrons. The van der Waals surface area contributed by atoms with Gasteiger partial charge in [-0.05, 0) is 103 Å². The van der Waals surface area contributed by atoms with E-state index in [1.807, 2.05) is 0 Å². The molecule has 5 rings (SSSR count). The van der Waals surface area contributed by atoms with Crippen molar-refractivity contribution in [3.63, 3.8) is 0 Å². The van der Waals surface area contributed by atoms with Gasteiger partial charge in [-0.25, -0.2) is 9.18 Å². The molecule has 5 aromatic rings. The van der Waals surface area contributed by atoms with Gasteiger partial charge in [0.15, 0.2) is 23.0 Å². The maximum absolute atomic E-state index is 13.2. The van der Waals surface area contributed by atoms with Gasteiger partial charge in [0, 0.05) is 28.6 Å². The lowest BCUT2D eigenvalue weighted by Crippen LogP contribution is -2.32. The first-order valence-corrected chi connectivity index (χ1v) is 17.4. The first-order valence-electron chi connectivity index (χ1n) is 17.4. The van der Waals surface area contributed by atoms with Crippen molar-refractivity contribution in [1.82, 2.24) is 5.32 Å². The zero-order chi connectivity index (χ0) is 42.8. The van der Waals surface area contributed by atoms with E-state index in [0.29, 0.717) is 22.5 Å². The number of aromatic hydroxyl groups is 2. The number of hydrogen-bond acceptors (Lipinski definition) is 10. The minimum atomic E-state index is -1.42. The number of carboxylic acid groups (broad SMARTS) is 1. The fourth-order valence-electron chi connectivity index (χ4n) is 5.54. The van der Waals surface area contributed by atoms with Crippen molar-refractivity contribution in [2.24, 2.45) is 0 Å². The SMILES string of the molecule is COc1c(NC(=O)c2ccc(NC(=O)c3ccc(NC(=O)CNC(=O)c4ccc(NC(=O)/C=C(\C)c5ccc(F)cc5)cc4)cc3)c(OC)c2O)ccc(C(=O)O)c1O. The van der Waals surface area contributed by atoms with Crippen LogP contribution in [0.3, 0.4) is 0 Å². The molecule has 16 nitrogen and oxygen atoms in total. The number of hydrogen-bond donors (Lipinski definition) is 8. The number of ether oxygens (including phenoxy) is 2. The molecule has 0 fully saturated rings. The van der Waals surface area contributed by atoms with E-state index in [1.165, 1.54) is 92.0 Å². The molecule has 0 aromatic heterocycles. The van der Waals surface area contributed by atoms with Gasteiger partial charge in [-0.1, -0.05) is 12.1 Å². The average Bonchev–Trinajstić information content (AvgIpc) is 3.20. The van der Waals surface area contributed by atoms with Crippen molar-refractivity contribution >= 4 is 63.8 Å². The summed E-state index contributed by atoms with van der Waals surface area (Å²) >= 11 is 0. The van der Waals surface area contributed by atoms with E-state index >= 15 is 0 Å². The fourth-order valence-corrected chi connectivity index (χ4v) is 5.54. The summed E-state index contributed by atoms with van der Waals surface area (Å²) < 4.78 is 23.5. The number of aromatic carboxylic acids is 1. The lowest BCUT2D eigenvalue weighted by Gasteiger charge is -2.16. The molecule has 0 unspecified atom stereocenters. The van der Waals surface area contributed by atoms with Crippen LogP contribution in [0.25, 0.3) is 5.57 Å². The van der Waals surface area contributed by atoms with Crippen LogP contribution in [0, 0.1) is 5.82 Å². The van der Waals surface area contributed by atoms with Gasteiger partial charge in [-0.3, -0.25) is 24.0 Å². The maximum atomic E-state index is 13.2. The van der Waals surface area contributed by atoms with Gasteiger partial charge in [0.05, 0.1) is 37.7 Å². The van der Waals surface area contributed by atoms with E-state index in [0.717, 1.165) is 13.2 Å². The van der Waals surface area contributed by atoms with E-state index in [2.05, 4.69) is 26.6 Å². The van der Waals surface area contributed by atoms with Crippen molar-refractivity contribution in [3.05, 3.63) is 137 Å². The molecule has 8 N–H and O–H groups in total. The number of carbonyl (C=O) groups excluding carboxylic acids is 5. The van der Waals surface area contributed by atoms with E-state index in [4.69, 9.17) is 9.47 Å². The molecular formula is C42H36FN5O11. The molecule has 302 valence electrons. The number of carboxylic acids is 1. The Hall–Kier alpha value is -8.21. The van der Waals surface area contributed by atoms with E-state index in [1.54, 1.807) is 19.1 Å². The number of phenolic OH excluding ortho intramolecular Hbond substituents is 1. The molecule has 0 atom stereocenters. The Morgan fingerprint density at radius 3 is 1.61 bits per heavy atom. The normalized spacial score (nSPS) is 10.8. The number of halogens is 1. The molecule has 0 saturated carbocycles. The predicted molar refractivity (Wildman–Crippen MR) is 215 cm³/mol. The monoisotopic (exact) mass is 805 g/mol. The summed E-state index contributed by atoms with van der Waals surface area (Å²) in [4.78, 5) is 75.2. The number of methoxy groups -OCH3 is 2. The molecule has 17 heteroatoms. The standard InChI is InChI=1S/C42H36FN5O11/c1-22(23-4-10-26(43)11-5-23)20-33(49)45-27-12-6-24(7-13-27)39(53)44-21-34(50)46-28-14-8-25(9-15-28)40(54)47-31-18-16-29(35(51)37(31)58-2)41(55)48-32-19-17-30(42(56)57)36(52)38(32)59-3/h4-20,51-52H,21H2,1-3H3,(H,44,53)(H,45,49)(H,46,50)(H,47,54)(H,48,55)(H,56,57)/b22-20+. The zero-order valence-electron chi connectivity index (χ0n) is 31.5. The minimum Gasteiger partial charge on any atom is -0.504 e. The first-order chi connectivity index (χ1) is 28.2. The second kappa shape index (κ2) is 18.6. The topological polar surface area (TPSA) is 242 Å². The number of nitrogens with one attached hydrogen (secondary N) is 5. The summed E-state index contributed by atoms with van der Waals surface area (Å²) in [5, 5.41) is 43.2. The van der Waals surface area contributed by atoms with Crippen molar-refractivity contribution < 1.29 is 58.0 Å². The Balaban J connectivity index is 1.12. The smallest absolute Gasteiger partial charge is 0.339 e. The second-order valence-corrected chi connectivity index (χ2v) is 12.5. The molecule has 0 saturated heterocycles. The Morgan fingerprint density at radius 1 is 0.593 bits per heavy atom. The zero-order valence-corrected chi connectivity index (χ0v) is 31.5. The van der Waals surface area contributed by atoms with Crippen molar-refractivity contribution in [1.29, 1.82) is 0 Å². The highest BCUT2D eigenvalue weighted by atomic mass is 19.1. The van der Waals surface area contributed by atoms with Crippen molar-refractivity contribution in [3.8, 4) is 23.0 Å². The van der Waals surface area contributed by atoms with Crippen LogP contribution < -0.4 is 36.1 Å². The number of amides is 5. The molecular weight excluding hydrogens is 769 g/mol. The Morgan fingerprint density at radius 2 is 1.07 bits per heavy atom. The summed E-state index contributed by atoms with van der Waals surface area (Å²) in [7, 11) is 2.37. The third-order valence-electron chi connectivity index (χ3n) is 8.54. The van der Waals surface area contributed by atoms with E-state index < -0.39 is 52.6 Å². The summed E-state index contributed by atoms with van der Waals surface area (Å²) in [6, 6.07) is 22.2. The maximum Gasteiger partial charge on any atom is 0.339 e. The van der Waals surface area contributed by atoms with Crippen LogP contribution in [0.5, 0.6) is 23.0 Å². The Kier molecular flexibility index (Phi) is 13.2. The van der Waals surface area contributed by atoms with Crippen LogP contribution >= 0.6 is 0 Å². The summed E-state index contributed by atoms with van der Waals surface area (Å²) in [5.41, 5.74) is 1.62. The Bertz CT molecular complexity index is 2470. The second-order valence-electron chi connectivity index (χ2n) is 12.5. The van der Waals surface area contributed by atoms with Gasteiger partial charge in [0.1, 0.15) is 11.4 Å². The van der Waals surface area contributed by atoms with Gasteiger partial charge in [0.25, 0.3) is 17.7 Å². The van der Waals surface area contributed by atoms with Gasteiger partial charge < -0.3 is 51.4 Å². The highest BCUT2D eigenvalue weighted by Crippen LogP contribution is 2.40. The van der Waals surface area contributed by atoms with Gasteiger partial charge in [-0.15, -0.1) is 0 Å². The molecule has 5 aromatic carbocycles. The summed E-state index contributed by atoms with van der Waals surface area (Å²) in [6.45, 7) is 1.34. The number of rotatable bonds is 14. The number of carbonyl (C=O) groups is 6. The predicted octanol–water partition coefficient (Wildman–Crippen LogP) is 5.87. The molecule has 0 bridgehead atoms.